The molecule has 2 aromatic rings. The summed E-state index contributed by atoms with van der Waals surface area (Å²) in [6, 6.07) is 5.32. The Hall–Kier alpha value is -2.24. The van der Waals surface area contributed by atoms with Gasteiger partial charge in [0.2, 0.25) is 6.08 Å². The fourth-order valence-electron chi connectivity index (χ4n) is 4.03. The number of carbonyl (C=O) groups excluding carboxylic acids is 1. The molecule has 1 saturated carbocycles. The second-order valence-electron chi connectivity index (χ2n) is 6.98. The largest absolute Gasteiger partial charge is 0.416 e. The lowest BCUT2D eigenvalue weighted by molar-refractivity contribution is -0.137. The minimum absolute atomic E-state index is 0.165. The molecule has 1 aromatic heterocycles. The number of aliphatic imine (C=N–C) groups is 1. The number of alkyl halides is 3. The molecule has 0 aliphatic heterocycles. The van der Waals surface area contributed by atoms with Crippen molar-refractivity contribution in [3.8, 4) is 0 Å². The van der Waals surface area contributed by atoms with Crippen LogP contribution in [0.3, 0.4) is 0 Å². The van der Waals surface area contributed by atoms with Crippen molar-refractivity contribution in [3.63, 3.8) is 0 Å². The molecule has 1 unspecified atom stereocenters. The normalized spacial score (nSPS) is 21.6. The molecule has 4 nitrogen and oxygen atoms in total. The fraction of sp³-hybridized carbons (Fsp3) is 0.500. The topological polar surface area (TPSA) is 51.5 Å². The first-order valence-corrected chi connectivity index (χ1v) is 8.95. The van der Waals surface area contributed by atoms with Gasteiger partial charge in [0.15, 0.2) is 0 Å². The number of methoxy groups -OCH3 is 1. The summed E-state index contributed by atoms with van der Waals surface area (Å²) in [5.74, 6) is 0.389. The van der Waals surface area contributed by atoms with E-state index < -0.39 is 11.7 Å². The van der Waals surface area contributed by atoms with E-state index in [0.29, 0.717) is 17.5 Å². The number of aromatic nitrogens is 1. The fourth-order valence-corrected chi connectivity index (χ4v) is 4.03. The summed E-state index contributed by atoms with van der Waals surface area (Å²) in [6.07, 6.45) is 2.23. The number of nitrogens with zero attached hydrogens (tertiary/aromatic N) is 2. The molecule has 0 bridgehead atoms. The molecule has 7 heteroatoms. The maximum absolute atomic E-state index is 13.1. The smallest absolute Gasteiger partial charge is 0.382 e. The Balaban J connectivity index is 1.83. The van der Waals surface area contributed by atoms with Crippen LogP contribution < -0.4 is 0 Å². The molecule has 0 radical (unpaired) electrons. The summed E-state index contributed by atoms with van der Waals surface area (Å²) in [4.78, 5) is 18.7. The predicted octanol–water partition coefficient (Wildman–Crippen LogP) is 4.88. The first-order valence-electron chi connectivity index (χ1n) is 8.95. The average molecular weight is 378 g/mol. The number of hydrogen-bond donors (Lipinski definition) is 0. The summed E-state index contributed by atoms with van der Waals surface area (Å²) < 4.78 is 44.4. The number of hydrogen-bond acceptors (Lipinski definition) is 4. The number of halogens is 3. The third-order valence-corrected chi connectivity index (χ3v) is 5.41. The lowest BCUT2D eigenvalue weighted by atomic mass is 9.75. The maximum atomic E-state index is 13.1. The van der Waals surface area contributed by atoms with Crippen molar-refractivity contribution in [1.82, 2.24) is 4.98 Å². The Labute approximate surface area is 155 Å². The molecular formula is C20H21F3N2O2. The predicted molar refractivity (Wildman–Crippen MR) is 95.2 cm³/mol. The standard InChI is InChI=1S/C20H21F3N2O2/c1-27-11-19(25-12-26)14-4-2-13(3-5-14)16-8-9-24-18-7-6-15(10-17(16)18)20(21,22)23/h6-10,13-14,19H,2-5,11H2,1H3. The van der Waals surface area contributed by atoms with Gasteiger partial charge in [-0.2, -0.15) is 18.2 Å². The van der Waals surface area contributed by atoms with Gasteiger partial charge in [0.1, 0.15) is 0 Å². The monoisotopic (exact) mass is 378 g/mol. The van der Waals surface area contributed by atoms with Crippen LogP contribution in [0.25, 0.3) is 10.9 Å². The average Bonchev–Trinajstić information content (AvgIpc) is 2.66. The number of benzene rings is 1. The number of ether oxygens (including phenoxy) is 1. The van der Waals surface area contributed by atoms with Crippen molar-refractivity contribution in [3.05, 3.63) is 41.6 Å². The van der Waals surface area contributed by atoms with Crippen LogP contribution >= 0.6 is 0 Å². The molecule has 1 atom stereocenters. The van der Waals surface area contributed by atoms with Gasteiger partial charge in [0.25, 0.3) is 0 Å². The summed E-state index contributed by atoms with van der Waals surface area (Å²) in [6.45, 7) is 0.373. The van der Waals surface area contributed by atoms with Crippen molar-refractivity contribution < 1.29 is 22.7 Å². The summed E-state index contributed by atoms with van der Waals surface area (Å²) >= 11 is 0. The number of isocyanates is 1. The van der Waals surface area contributed by atoms with Crippen molar-refractivity contribution in [1.29, 1.82) is 0 Å². The molecule has 1 heterocycles. The van der Waals surface area contributed by atoms with Gasteiger partial charge >= 0.3 is 6.18 Å². The highest BCUT2D eigenvalue weighted by atomic mass is 19.4. The van der Waals surface area contributed by atoms with E-state index in [2.05, 4.69) is 9.98 Å². The van der Waals surface area contributed by atoms with E-state index in [9.17, 15) is 18.0 Å². The molecule has 0 N–H and O–H groups in total. The van der Waals surface area contributed by atoms with Gasteiger partial charge in [0.05, 0.1) is 23.7 Å². The molecule has 0 spiro atoms. The number of rotatable bonds is 5. The Bertz CT molecular complexity index is 839. The molecule has 1 aliphatic carbocycles. The Morgan fingerprint density at radius 2 is 2.00 bits per heavy atom. The van der Waals surface area contributed by atoms with Crippen LogP contribution in [0.2, 0.25) is 0 Å². The van der Waals surface area contributed by atoms with Crippen molar-refractivity contribution in [2.24, 2.45) is 10.9 Å². The number of fused-ring (bicyclic) bond motifs is 1. The van der Waals surface area contributed by atoms with Gasteiger partial charge in [-0.25, -0.2) is 4.79 Å². The van der Waals surface area contributed by atoms with E-state index in [-0.39, 0.29) is 17.9 Å². The van der Waals surface area contributed by atoms with E-state index in [4.69, 9.17) is 4.74 Å². The summed E-state index contributed by atoms with van der Waals surface area (Å²) in [5, 5.41) is 0.565. The zero-order valence-electron chi connectivity index (χ0n) is 15.0. The van der Waals surface area contributed by atoms with E-state index in [0.717, 1.165) is 37.3 Å². The van der Waals surface area contributed by atoms with Crippen molar-refractivity contribution >= 4 is 17.0 Å². The van der Waals surface area contributed by atoms with Crippen molar-refractivity contribution in [2.45, 2.75) is 43.8 Å². The van der Waals surface area contributed by atoms with Gasteiger partial charge in [-0.05, 0) is 67.3 Å². The van der Waals surface area contributed by atoms with Crippen LogP contribution in [0, 0.1) is 5.92 Å². The van der Waals surface area contributed by atoms with Crippen molar-refractivity contribution in [2.75, 3.05) is 13.7 Å². The Morgan fingerprint density at radius 1 is 1.26 bits per heavy atom. The van der Waals surface area contributed by atoms with Crippen LogP contribution in [0.4, 0.5) is 13.2 Å². The van der Waals surface area contributed by atoms with E-state index in [1.54, 1.807) is 19.4 Å². The lowest BCUT2D eigenvalue weighted by Gasteiger charge is -2.32. The molecule has 1 aromatic carbocycles. The first kappa shape index (κ1) is 19.5. The SMILES string of the molecule is COCC(N=C=O)C1CCC(c2ccnc3ccc(C(F)(F)F)cc23)CC1. The molecule has 0 saturated heterocycles. The molecule has 0 amide bonds. The highest BCUT2D eigenvalue weighted by molar-refractivity contribution is 5.83. The van der Waals surface area contributed by atoms with Crippen LogP contribution in [0.1, 0.15) is 42.7 Å². The van der Waals surface area contributed by atoms with E-state index in [1.807, 2.05) is 6.07 Å². The van der Waals surface area contributed by atoms with Crippen LogP contribution in [-0.4, -0.2) is 30.8 Å². The maximum Gasteiger partial charge on any atom is 0.416 e. The van der Waals surface area contributed by atoms with Crippen LogP contribution in [0.15, 0.2) is 35.5 Å². The molecular weight excluding hydrogens is 357 g/mol. The Morgan fingerprint density at radius 3 is 2.63 bits per heavy atom. The number of pyridine rings is 1. The molecule has 3 rings (SSSR count). The summed E-state index contributed by atoms with van der Waals surface area (Å²) in [7, 11) is 1.57. The second kappa shape index (κ2) is 8.19. The first-order chi connectivity index (χ1) is 12.9. The van der Waals surface area contributed by atoms with Crippen LogP contribution in [-0.2, 0) is 15.7 Å². The van der Waals surface area contributed by atoms with Gasteiger partial charge < -0.3 is 4.74 Å². The molecule has 1 fully saturated rings. The zero-order valence-corrected chi connectivity index (χ0v) is 15.0. The molecule has 27 heavy (non-hydrogen) atoms. The minimum Gasteiger partial charge on any atom is -0.382 e. The van der Waals surface area contributed by atoms with Gasteiger partial charge in [-0.3, -0.25) is 4.98 Å². The molecule has 1 aliphatic rings. The van der Waals surface area contributed by atoms with E-state index >= 15 is 0 Å². The quantitative estimate of drug-likeness (QED) is 0.550. The van der Waals surface area contributed by atoms with Gasteiger partial charge in [0, 0.05) is 18.7 Å². The summed E-state index contributed by atoms with van der Waals surface area (Å²) in [5.41, 5.74) is 0.829. The van der Waals surface area contributed by atoms with E-state index in [1.165, 1.54) is 12.1 Å². The zero-order chi connectivity index (χ0) is 19.4. The third-order valence-electron chi connectivity index (χ3n) is 5.41. The second-order valence-corrected chi connectivity index (χ2v) is 6.98. The minimum atomic E-state index is -4.38. The lowest BCUT2D eigenvalue weighted by Crippen LogP contribution is -2.27. The highest BCUT2D eigenvalue weighted by Crippen LogP contribution is 2.41. The van der Waals surface area contributed by atoms with Crippen LogP contribution in [0.5, 0.6) is 0 Å². The highest BCUT2D eigenvalue weighted by Gasteiger charge is 2.32. The van der Waals surface area contributed by atoms with Gasteiger partial charge in [-0.15, -0.1) is 0 Å². The van der Waals surface area contributed by atoms with Gasteiger partial charge in [-0.1, -0.05) is 0 Å². The third kappa shape index (κ3) is 4.37. The molecule has 144 valence electrons. The Kier molecular flexibility index (Phi) is 5.92.